The van der Waals surface area contributed by atoms with E-state index >= 15 is 0 Å². The molecule has 180 valence electrons. The van der Waals surface area contributed by atoms with Gasteiger partial charge >= 0.3 is 0 Å². The standard InChI is InChI=1S/C11H24.2C7H16O2/c1-10(2,3)8-7-9-11(4,5)6;1-6(2)8-5-9-7(3)4;1-4-8-5-6-9-7(2)3/h7-9H2,1-6H3;6-7H,5H2,1-4H3;7H,4-6H2,1-3H3. The first-order chi connectivity index (χ1) is 13.1. The maximum atomic E-state index is 5.22. The first-order valence-electron chi connectivity index (χ1n) is 11.5. The normalized spacial score (nSPS) is 12.0. The van der Waals surface area contributed by atoms with Gasteiger partial charge in [-0.05, 0) is 72.1 Å². The van der Waals surface area contributed by atoms with Gasteiger partial charge in [-0.15, -0.1) is 0 Å². The number of rotatable bonds is 11. The molecule has 4 nitrogen and oxygen atoms in total. The number of hydrogen-bond donors (Lipinski definition) is 0. The Labute approximate surface area is 184 Å². The summed E-state index contributed by atoms with van der Waals surface area (Å²) in [5.41, 5.74) is 1.04. The van der Waals surface area contributed by atoms with E-state index in [0.717, 1.165) is 6.61 Å². The predicted octanol–water partition coefficient (Wildman–Crippen LogP) is 7.49. The molecule has 0 rings (SSSR count). The molecule has 0 atom stereocenters. The van der Waals surface area contributed by atoms with Crippen molar-refractivity contribution < 1.29 is 18.9 Å². The summed E-state index contributed by atoms with van der Waals surface area (Å²) >= 11 is 0. The number of hydrogen-bond acceptors (Lipinski definition) is 4. The summed E-state index contributed by atoms with van der Waals surface area (Å²) in [6.45, 7) is 30.5. The summed E-state index contributed by atoms with van der Waals surface area (Å²) in [4.78, 5) is 0. The summed E-state index contributed by atoms with van der Waals surface area (Å²) in [6.07, 6.45) is 4.93. The Morgan fingerprint density at radius 3 is 1.24 bits per heavy atom. The van der Waals surface area contributed by atoms with Gasteiger partial charge in [0.05, 0.1) is 31.5 Å². The molecular weight excluding hydrogens is 364 g/mol. The van der Waals surface area contributed by atoms with Crippen molar-refractivity contribution in [1.82, 2.24) is 0 Å². The first kappa shape index (κ1) is 33.5. The molecule has 0 N–H and O–H groups in total. The highest BCUT2D eigenvalue weighted by Crippen LogP contribution is 2.27. The monoisotopic (exact) mass is 420 g/mol. The average Bonchev–Trinajstić information content (AvgIpc) is 2.49. The largest absolute Gasteiger partial charge is 0.379 e. The summed E-state index contributed by atoms with van der Waals surface area (Å²) in [6, 6.07) is 0. The summed E-state index contributed by atoms with van der Waals surface area (Å²) in [5, 5.41) is 0. The van der Waals surface area contributed by atoms with E-state index in [2.05, 4.69) is 41.5 Å². The topological polar surface area (TPSA) is 36.9 Å². The highest BCUT2D eigenvalue weighted by Gasteiger charge is 2.14. The van der Waals surface area contributed by atoms with Crippen LogP contribution in [0.4, 0.5) is 0 Å². The summed E-state index contributed by atoms with van der Waals surface area (Å²) in [7, 11) is 0. The van der Waals surface area contributed by atoms with Crippen LogP contribution < -0.4 is 0 Å². The molecular formula is C25H56O4. The Bertz CT molecular complexity index is 290. The smallest absolute Gasteiger partial charge is 0.147 e. The molecule has 0 aliphatic heterocycles. The summed E-state index contributed by atoms with van der Waals surface area (Å²) < 4.78 is 20.5. The van der Waals surface area contributed by atoms with Gasteiger partial charge in [0.1, 0.15) is 6.79 Å². The average molecular weight is 421 g/mol. The number of ether oxygens (including phenoxy) is 4. The lowest BCUT2D eigenvalue weighted by molar-refractivity contribution is -0.0994. The Morgan fingerprint density at radius 2 is 0.966 bits per heavy atom. The van der Waals surface area contributed by atoms with Crippen molar-refractivity contribution in [2.45, 2.75) is 128 Å². The molecule has 0 bridgehead atoms. The molecule has 0 aromatic carbocycles. The van der Waals surface area contributed by atoms with Crippen LogP contribution in [-0.4, -0.2) is 44.9 Å². The van der Waals surface area contributed by atoms with Gasteiger partial charge < -0.3 is 18.9 Å². The lowest BCUT2D eigenvalue weighted by Crippen LogP contribution is -2.11. The molecule has 0 aromatic heterocycles. The SMILES string of the molecule is CC(C)(C)CCCC(C)(C)C.CC(C)OCOC(C)C.CCOCCOC(C)C. The zero-order chi connectivity index (χ0) is 23.5. The van der Waals surface area contributed by atoms with Gasteiger partial charge in [0, 0.05) is 6.61 Å². The van der Waals surface area contributed by atoms with E-state index in [1.165, 1.54) is 19.3 Å². The van der Waals surface area contributed by atoms with E-state index in [1.807, 2.05) is 48.5 Å². The Balaban J connectivity index is -0.000000352. The molecule has 0 aliphatic carbocycles. The van der Waals surface area contributed by atoms with Crippen molar-refractivity contribution in [3.05, 3.63) is 0 Å². The molecule has 0 saturated heterocycles. The van der Waals surface area contributed by atoms with E-state index in [-0.39, 0.29) is 12.2 Å². The molecule has 0 spiro atoms. The highest BCUT2D eigenvalue weighted by atomic mass is 16.7. The van der Waals surface area contributed by atoms with E-state index in [9.17, 15) is 0 Å². The van der Waals surface area contributed by atoms with Gasteiger partial charge in [-0.2, -0.15) is 0 Å². The lowest BCUT2D eigenvalue weighted by atomic mass is 9.84. The third-order valence-corrected chi connectivity index (χ3v) is 3.54. The molecule has 0 amide bonds. The fourth-order valence-electron chi connectivity index (χ4n) is 1.95. The van der Waals surface area contributed by atoms with E-state index < -0.39 is 0 Å². The van der Waals surface area contributed by atoms with Gasteiger partial charge in [-0.1, -0.05) is 48.0 Å². The van der Waals surface area contributed by atoms with Crippen LogP contribution in [0, 0.1) is 10.8 Å². The molecule has 0 aliphatic rings. The van der Waals surface area contributed by atoms with Crippen LogP contribution in [0.5, 0.6) is 0 Å². The maximum absolute atomic E-state index is 5.22. The van der Waals surface area contributed by atoms with Crippen molar-refractivity contribution in [2.24, 2.45) is 10.8 Å². The van der Waals surface area contributed by atoms with Crippen molar-refractivity contribution in [3.63, 3.8) is 0 Å². The molecule has 0 unspecified atom stereocenters. The molecule has 4 heteroatoms. The van der Waals surface area contributed by atoms with Gasteiger partial charge in [0.15, 0.2) is 0 Å². The van der Waals surface area contributed by atoms with Crippen LogP contribution in [0.25, 0.3) is 0 Å². The van der Waals surface area contributed by atoms with Crippen LogP contribution in [0.2, 0.25) is 0 Å². The molecule has 0 heterocycles. The van der Waals surface area contributed by atoms with E-state index in [4.69, 9.17) is 18.9 Å². The van der Waals surface area contributed by atoms with Crippen molar-refractivity contribution in [2.75, 3.05) is 26.6 Å². The second-order valence-corrected chi connectivity index (χ2v) is 10.6. The fourth-order valence-corrected chi connectivity index (χ4v) is 1.95. The van der Waals surface area contributed by atoms with Gasteiger partial charge in [0.25, 0.3) is 0 Å². The molecule has 29 heavy (non-hydrogen) atoms. The molecule has 0 fully saturated rings. The first-order valence-corrected chi connectivity index (χ1v) is 11.5. The Hall–Kier alpha value is -0.160. The van der Waals surface area contributed by atoms with Crippen LogP contribution >= 0.6 is 0 Å². The lowest BCUT2D eigenvalue weighted by Gasteiger charge is -2.22. The Morgan fingerprint density at radius 1 is 0.586 bits per heavy atom. The third-order valence-electron chi connectivity index (χ3n) is 3.54. The van der Waals surface area contributed by atoms with E-state index in [0.29, 0.717) is 36.9 Å². The minimum Gasteiger partial charge on any atom is -0.379 e. The predicted molar refractivity (Wildman–Crippen MR) is 128 cm³/mol. The van der Waals surface area contributed by atoms with Gasteiger partial charge in [0.2, 0.25) is 0 Å². The van der Waals surface area contributed by atoms with Gasteiger partial charge in [-0.3, -0.25) is 0 Å². The quantitative estimate of drug-likeness (QED) is 0.256. The zero-order valence-corrected chi connectivity index (χ0v) is 22.3. The third kappa shape index (κ3) is 47.2. The fraction of sp³-hybridized carbons (Fsp3) is 1.00. The van der Waals surface area contributed by atoms with E-state index in [1.54, 1.807) is 0 Å². The van der Waals surface area contributed by atoms with Crippen molar-refractivity contribution in [1.29, 1.82) is 0 Å². The van der Waals surface area contributed by atoms with Crippen molar-refractivity contribution >= 4 is 0 Å². The second-order valence-electron chi connectivity index (χ2n) is 10.6. The Kier molecular flexibility index (Phi) is 22.8. The minimum atomic E-state index is 0.267. The minimum absolute atomic E-state index is 0.267. The van der Waals surface area contributed by atoms with Crippen molar-refractivity contribution in [3.8, 4) is 0 Å². The molecule has 0 saturated carbocycles. The molecule has 0 aromatic rings. The van der Waals surface area contributed by atoms with Crippen LogP contribution in [0.1, 0.15) is 109 Å². The molecule has 0 radical (unpaired) electrons. The maximum Gasteiger partial charge on any atom is 0.147 e. The van der Waals surface area contributed by atoms with Crippen LogP contribution in [0.15, 0.2) is 0 Å². The van der Waals surface area contributed by atoms with Crippen LogP contribution in [-0.2, 0) is 18.9 Å². The van der Waals surface area contributed by atoms with Crippen LogP contribution in [0.3, 0.4) is 0 Å². The second kappa shape index (κ2) is 19.8. The summed E-state index contributed by atoms with van der Waals surface area (Å²) in [5.74, 6) is 0. The van der Waals surface area contributed by atoms with Gasteiger partial charge in [-0.25, -0.2) is 0 Å². The zero-order valence-electron chi connectivity index (χ0n) is 22.3. The highest BCUT2D eigenvalue weighted by molar-refractivity contribution is 4.66.